The highest BCUT2D eigenvalue weighted by Gasteiger charge is 2.24. The van der Waals surface area contributed by atoms with Gasteiger partial charge in [-0.3, -0.25) is 5.32 Å². The van der Waals surface area contributed by atoms with Crippen molar-refractivity contribution in [1.29, 1.82) is 0 Å². The van der Waals surface area contributed by atoms with Gasteiger partial charge in [0.15, 0.2) is 0 Å². The van der Waals surface area contributed by atoms with Gasteiger partial charge in [-0.2, -0.15) is 0 Å². The number of carbonyl (C=O) groups excluding carboxylic acids is 1. The molecule has 1 fully saturated rings. The number of amides is 2. The predicted octanol–water partition coefficient (Wildman–Crippen LogP) is 4.32. The third kappa shape index (κ3) is 4.36. The van der Waals surface area contributed by atoms with Crippen molar-refractivity contribution >= 4 is 44.9 Å². The van der Waals surface area contributed by atoms with Crippen molar-refractivity contribution in [3.05, 3.63) is 29.3 Å². The van der Waals surface area contributed by atoms with Crippen molar-refractivity contribution in [2.45, 2.75) is 20.3 Å². The van der Waals surface area contributed by atoms with Crippen LogP contribution in [0.3, 0.4) is 0 Å². The van der Waals surface area contributed by atoms with Crippen molar-refractivity contribution in [3.63, 3.8) is 0 Å². The lowest BCUT2D eigenvalue weighted by molar-refractivity contribution is 0.262. The van der Waals surface area contributed by atoms with E-state index in [9.17, 15) is 4.79 Å². The molecular weight excluding hydrogens is 346 g/mol. The molecule has 24 heavy (non-hydrogen) atoms. The number of carbonyl (C=O) groups is 1. The maximum atomic E-state index is 12.0. The summed E-state index contributed by atoms with van der Waals surface area (Å²) in [5, 5.41) is 15.7. The van der Waals surface area contributed by atoms with Gasteiger partial charge in [-0.05, 0) is 42.5 Å². The van der Waals surface area contributed by atoms with Gasteiger partial charge in [0.2, 0.25) is 10.3 Å². The Morgan fingerprint density at radius 3 is 2.50 bits per heavy atom. The number of benzene rings is 1. The van der Waals surface area contributed by atoms with Crippen molar-refractivity contribution in [2.75, 3.05) is 28.6 Å². The van der Waals surface area contributed by atoms with Crippen LogP contribution in [-0.4, -0.2) is 29.3 Å². The quantitative estimate of drug-likeness (QED) is 0.849. The lowest BCUT2D eigenvalue weighted by atomic mass is 9.92. The first-order chi connectivity index (χ1) is 11.5. The van der Waals surface area contributed by atoms with Crippen molar-refractivity contribution in [2.24, 2.45) is 11.8 Å². The summed E-state index contributed by atoms with van der Waals surface area (Å²) in [6, 6.07) is 6.58. The molecule has 6 nitrogen and oxygen atoms in total. The zero-order chi connectivity index (χ0) is 17.1. The first kappa shape index (κ1) is 17.0. The second-order valence-electron chi connectivity index (χ2n) is 6.33. The first-order valence-corrected chi connectivity index (χ1v) is 9.11. The summed E-state index contributed by atoms with van der Waals surface area (Å²) < 4.78 is 0. The molecule has 2 N–H and O–H groups in total. The summed E-state index contributed by atoms with van der Waals surface area (Å²) in [5.41, 5.74) is 0.667. The largest absolute Gasteiger partial charge is 0.346 e. The van der Waals surface area contributed by atoms with E-state index in [1.165, 1.54) is 17.8 Å². The number of aromatic nitrogens is 2. The Labute approximate surface area is 150 Å². The number of hydrogen-bond donors (Lipinski definition) is 2. The minimum absolute atomic E-state index is 0.347. The third-order valence-electron chi connectivity index (χ3n) is 3.88. The Morgan fingerprint density at radius 1 is 1.17 bits per heavy atom. The summed E-state index contributed by atoms with van der Waals surface area (Å²) in [5.74, 6) is 1.28. The summed E-state index contributed by atoms with van der Waals surface area (Å²) in [6.07, 6.45) is 1.24. The van der Waals surface area contributed by atoms with Crippen LogP contribution in [0.4, 0.5) is 20.7 Å². The standard InChI is InChI=1S/C16H20ClN5OS/c1-10-7-11(2)9-22(8-10)16-21-20-15(24-16)19-14(23)18-13-5-3-12(17)4-6-13/h3-6,10-11H,7-9H2,1-2H3,(H2,18,19,20,23). The van der Waals surface area contributed by atoms with E-state index in [1.807, 2.05) is 0 Å². The van der Waals surface area contributed by atoms with Crippen molar-refractivity contribution < 1.29 is 4.79 Å². The molecule has 2 amide bonds. The van der Waals surface area contributed by atoms with Gasteiger partial charge >= 0.3 is 6.03 Å². The molecule has 8 heteroatoms. The van der Waals surface area contributed by atoms with Gasteiger partial charge in [-0.1, -0.05) is 36.8 Å². The van der Waals surface area contributed by atoms with E-state index in [0.717, 1.165) is 18.2 Å². The molecule has 2 unspecified atom stereocenters. The van der Waals surface area contributed by atoms with Gasteiger partial charge in [-0.25, -0.2) is 4.79 Å². The molecule has 0 saturated carbocycles. The smallest absolute Gasteiger partial charge is 0.325 e. The molecule has 1 aromatic carbocycles. The van der Waals surface area contributed by atoms with Crippen molar-refractivity contribution in [1.82, 2.24) is 10.2 Å². The average molecular weight is 366 g/mol. The molecule has 0 bridgehead atoms. The maximum Gasteiger partial charge on any atom is 0.325 e. The highest BCUT2D eigenvalue weighted by Crippen LogP contribution is 2.30. The number of anilines is 3. The molecular formula is C16H20ClN5OS. The Kier molecular flexibility index (Phi) is 5.20. The number of nitrogens with zero attached hydrogens (tertiary/aromatic N) is 3. The molecule has 128 valence electrons. The van der Waals surface area contributed by atoms with Gasteiger partial charge in [0.1, 0.15) is 0 Å². The normalized spacial score (nSPS) is 20.7. The zero-order valence-corrected chi connectivity index (χ0v) is 15.2. The second-order valence-corrected chi connectivity index (χ2v) is 7.72. The molecule has 1 aromatic heterocycles. The summed E-state index contributed by atoms with van der Waals surface area (Å²) in [7, 11) is 0. The minimum Gasteiger partial charge on any atom is -0.346 e. The van der Waals surface area contributed by atoms with E-state index in [1.54, 1.807) is 24.3 Å². The minimum atomic E-state index is -0.347. The van der Waals surface area contributed by atoms with Gasteiger partial charge in [0.25, 0.3) is 0 Å². The van der Waals surface area contributed by atoms with Crippen molar-refractivity contribution in [3.8, 4) is 0 Å². The molecule has 3 rings (SSSR count). The first-order valence-electron chi connectivity index (χ1n) is 7.91. The van der Waals surface area contributed by atoms with Crippen LogP contribution in [0.1, 0.15) is 20.3 Å². The molecule has 0 radical (unpaired) electrons. The van der Waals surface area contributed by atoms with E-state index < -0.39 is 0 Å². The number of urea groups is 1. The Balaban J connectivity index is 1.59. The van der Waals surface area contributed by atoms with Gasteiger partial charge in [0, 0.05) is 23.8 Å². The van der Waals surface area contributed by atoms with Crippen LogP contribution in [0.25, 0.3) is 0 Å². The van der Waals surface area contributed by atoms with Gasteiger partial charge in [0.05, 0.1) is 0 Å². The molecule has 2 heterocycles. The third-order valence-corrected chi connectivity index (χ3v) is 5.03. The average Bonchev–Trinajstić information content (AvgIpc) is 2.97. The molecule has 2 aromatic rings. The maximum absolute atomic E-state index is 12.0. The molecule has 0 aliphatic carbocycles. The fraction of sp³-hybridized carbons (Fsp3) is 0.438. The van der Waals surface area contributed by atoms with E-state index in [-0.39, 0.29) is 6.03 Å². The molecule has 1 saturated heterocycles. The Morgan fingerprint density at radius 2 is 1.83 bits per heavy atom. The molecule has 2 atom stereocenters. The fourth-order valence-electron chi connectivity index (χ4n) is 3.01. The number of rotatable bonds is 3. The van der Waals surface area contributed by atoms with Crippen LogP contribution < -0.4 is 15.5 Å². The van der Waals surface area contributed by atoms with Crippen LogP contribution >= 0.6 is 22.9 Å². The van der Waals surface area contributed by atoms with E-state index in [2.05, 4.69) is 39.6 Å². The van der Waals surface area contributed by atoms with Gasteiger partial charge in [-0.15, -0.1) is 10.2 Å². The lowest BCUT2D eigenvalue weighted by Crippen LogP contribution is -2.38. The van der Waals surface area contributed by atoms with Crippen LogP contribution in [0.5, 0.6) is 0 Å². The van der Waals surface area contributed by atoms with E-state index in [0.29, 0.717) is 27.7 Å². The highest BCUT2D eigenvalue weighted by molar-refractivity contribution is 7.19. The zero-order valence-electron chi connectivity index (χ0n) is 13.6. The van der Waals surface area contributed by atoms with Crippen LogP contribution in [-0.2, 0) is 0 Å². The van der Waals surface area contributed by atoms with Crippen LogP contribution in [0, 0.1) is 11.8 Å². The van der Waals surface area contributed by atoms with Crippen LogP contribution in [0.2, 0.25) is 5.02 Å². The van der Waals surface area contributed by atoms with E-state index in [4.69, 9.17) is 11.6 Å². The summed E-state index contributed by atoms with van der Waals surface area (Å²) in [4.78, 5) is 14.3. The number of halogens is 1. The fourth-order valence-corrected chi connectivity index (χ4v) is 3.89. The Hall–Kier alpha value is -1.86. The van der Waals surface area contributed by atoms with Gasteiger partial charge < -0.3 is 10.2 Å². The monoisotopic (exact) mass is 365 g/mol. The number of hydrogen-bond acceptors (Lipinski definition) is 5. The molecule has 0 spiro atoms. The highest BCUT2D eigenvalue weighted by atomic mass is 35.5. The summed E-state index contributed by atoms with van der Waals surface area (Å²) >= 11 is 7.22. The van der Waals surface area contributed by atoms with Crippen LogP contribution in [0.15, 0.2) is 24.3 Å². The summed E-state index contributed by atoms with van der Waals surface area (Å²) in [6.45, 7) is 6.47. The number of nitrogens with one attached hydrogen (secondary N) is 2. The number of piperidine rings is 1. The predicted molar refractivity (Wildman–Crippen MR) is 99.2 cm³/mol. The topological polar surface area (TPSA) is 70.2 Å². The SMILES string of the molecule is CC1CC(C)CN(c2nnc(NC(=O)Nc3ccc(Cl)cc3)s2)C1. The lowest BCUT2D eigenvalue weighted by Gasteiger charge is -2.34. The molecule has 1 aliphatic heterocycles. The Bertz CT molecular complexity index is 695. The second kappa shape index (κ2) is 7.36. The molecule has 1 aliphatic rings. The van der Waals surface area contributed by atoms with E-state index >= 15 is 0 Å².